The SMILES string of the molecule is CC(=O)N1Cc2ccc(NC(=O)c3ccccc3-c3ccc(C(=O)N(C)C)cc3)cc2C1. The van der Waals surface area contributed by atoms with E-state index in [4.69, 9.17) is 0 Å². The van der Waals surface area contributed by atoms with Crippen LogP contribution in [-0.4, -0.2) is 41.6 Å². The summed E-state index contributed by atoms with van der Waals surface area (Å²) in [4.78, 5) is 40.2. The van der Waals surface area contributed by atoms with Crippen molar-refractivity contribution in [2.75, 3.05) is 19.4 Å². The first-order valence-corrected chi connectivity index (χ1v) is 10.4. The third-order valence-electron chi connectivity index (χ3n) is 5.65. The molecule has 4 rings (SSSR count). The van der Waals surface area contributed by atoms with Gasteiger partial charge in [0.2, 0.25) is 5.91 Å². The lowest BCUT2D eigenvalue weighted by Crippen LogP contribution is -2.21. The van der Waals surface area contributed by atoms with Crippen LogP contribution in [0.4, 0.5) is 5.69 Å². The molecule has 0 aromatic heterocycles. The van der Waals surface area contributed by atoms with Crippen molar-refractivity contribution in [2.45, 2.75) is 20.0 Å². The Bertz CT molecular complexity index is 1200. The van der Waals surface area contributed by atoms with E-state index < -0.39 is 0 Å². The molecule has 1 aliphatic rings. The maximum Gasteiger partial charge on any atom is 0.256 e. The van der Waals surface area contributed by atoms with E-state index in [0.717, 1.165) is 22.3 Å². The summed E-state index contributed by atoms with van der Waals surface area (Å²) in [5.74, 6) is -0.239. The van der Waals surface area contributed by atoms with Crippen molar-refractivity contribution in [2.24, 2.45) is 0 Å². The predicted octanol–water partition coefficient (Wildman–Crippen LogP) is 4.17. The van der Waals surface area contributed by atoms with Gasteiger partial charge in [-0.3, -0.25) is 14.4 Å². The molecule has 0 saturated carbocycles. The standard InChI is InChI=1S/C26H25N3O3/c1-17(30)29-15-20-12-13-22(14-21(20)16-29)27-25(31)24-7-5-4-6-23(24)18-8-10-19(11-9-18)26(32)28(2)3/h4-14H,15-16H2,1-3H3,(H,27,31). The van der Waals surface area contributed by atoms with Crippen molar-refractivity contribution in [3.63, 3.8) is 0 Å². The number of nitrogens with zero attached hydrogens (tertiary/aromatic N) is 2. The van der Waals surface area contributed by atoms with E-state index >= 15 is 0 Å². The molecule has 6 nitrogen and oxygen atoms in total. The van der Waals surface area contributed by atoms with Crippen LogP contribution in [0.3, 0.4) is 0 Å². The zero-order valence-corrected chi connectivity index (χ0v) is 18.4. The minimum Gasteiger partial charge on any atom is -0.345 e. The summed E-state index contributed by atoms with van der Waals surface area (Å²) in [6.45, 7) is 2.73. The Labute approximate surface area is 187 Å². The maximum atomic E-state index is 13.1. The first-order valence-electron chi connectivity index (χ1n) is 10.4. The van der Waals surface area contributed by atoms with Crippen molar-refractivity contribution in [1.29, 1.82) is 0 Å². The number of carbonyl (C=O) groups is 3. The fraction of sp³-hybridized carbons (Fsp3) is 0.192. The lowest BCUT2D eigenvalue weighted by molar-refractivity contribution is -0.129. The van der Waals surface area contributed by atoms with Crippen LogP contribution in [-0.2, 0) is 17.9 Å². The molecule has 0 radical (unpaired) electrons. The van der Waals surface area contributed by atoms with E-state index in [0.29, 0.717) is 29.9 Å². The Morgan fingerprint density at radius 2 is 1.56 bits per heavy atom. The number of benzene rings is 3. The number of amides is 3. The molecule has 1 heterocycles. The Morgan fingerprint density at radius 1 is 0.875 bits per heavy atom. The molecule has 3 aromatic rings. The monoisotopic (exact) mass is 427 g/mol. The van der Waals surface area contributed by atoms with Gasteiger partial charge in [-0.05, 0) is 52.6 Å². The largest absolute Gasteiger partial charge is 0.345 e. The topological polar surface area (TPSA) is 69.7 Å². The number of hydrogen-bond donors (Lipinski definition) is 1. The summed E-state index contributed by atoms with van der Waals surface area (Å²) in [6.07, 6.45) is 0. The summed E-state index contributed by atoms with van der Waals surface area (Å²) in [5, 5.41) is 2.98. The van der Waals surface area contributed by atoms with Crippen molar-refractivity contribution in [3.8, 4) is 11.1 Å². The van der Waals surface area contributed by atoms with E-state index in [9.17, 15) is 14.4 Å². The van der Waals surface area contributed by atoms with Gasteiger partial charge in [-0.1, -0.05) is 36.4 Å². The van der Waals surface area contributed by atoms with E-state index in [1.807, 2.05) is 48.5 Å². The molecule has 3 aromatic carbocycles. The molecular weight excluding hydrogens is 402 g/mol. The molecule has 0 fully saturated rings. The van der Waals surface area contributed by atoms with Crippen molar-refractivity contribution >= 4 is 23.4 Å². The highest BCUT2D eigenvalue weighted by Crippen LogP contribution is 2.28. The predicted molar refractivity (Wildman–Crippen MR) is 124 cm³/mol. The quantitative estimate of drug-likeness (QED) is 0.679. The fourth-order valence-electron chi connectivity index (χ4n) is 3.88. The van der Waals surface area contributed by atoms with E-state index in [-0.39, 0.29) is 17.7 Å². The molecule has 0 spiro atoms. The van der Waals surface area contributed by atoms with Gasteiger partial charge in [0.15, 0.2) is 0 Å². The second kappa shape index (κ2) is 8.67. The molecule has 32 heavy (non-hydrogen) atoms. The number of nitrogens with one attached hydrogen (secondary N) is 1. The Kier molecular flexibility index (Phi) is 5.77. The smallest absolute Gasteiger partial charge is 0.256 e. The summed E-state index contributed by atoms with van der Waals surface area (Å²) >= 11 is 0. The lowest BCUT2D eigenvalue weighted by atomic mass is 9.98. The van der Waals surface area contributed by atoms with Gasteiger partial charge >= 0.3 is 0 Å². The minimum atomic E-state index is -0.213. The van der Waals surface area contributed by atoms with Gasteiger partial charge in [-0.25, -0.2) is 0 Å². The van der Waals surface area contributed by atoms with E-state index in [1.165, 1.54) is 4.90 Å². The highest BCUT2D eigenvalue weighted by molar-refractivity contribution is 6.09. The van der Waals surface area contributed by atoms with E-state index in [1.54, 1.807) is 44.1 Å². The highest BCUT2D eigenvalue weighted by Gasteiger charge is 2.21. The number of fused-ring (bicyclic) bond motifs is 1. The van der Waals surface area contributed by atoms with E-state index in [2.05, 4.69) is 5.32 Å². The average molecular weight is 428 g/mol. The van der Waals surface area contributed by atoms with Crippen LogP contribution < -0.4 is 5.32 Å². The first kappa shape index (κ1) is 21.3. The fourth-order valence-corrected chi connectivity index (χ4v) is 3.88. The van der Waals surface area contributed by atoms with Gasteiger partial charge in [0, 0.05) is 50.9 Å². The zero-order chi connectivity index (χ0) is 22.8. The molecule has 0 saturated heterocycles. The number of anilines is 1. The normalized spacial score (nSPS) is 12.3. The van der Waals surface area contributed by atoms with Crippen molar-refractivity contribution in [3.05, 3.63) is 89.0 Å². The molecule has 162 valence electrons. The Balaban J connectivity index is 1.56. The Morgan fingerprint density at radius 3 is 2.25 bits per heavy atom. The zero-order valence-electron chi connectivity index (χ0n) is 18.4. The lowest BCUT2D eigenvalue weighted by Gasteiger charge is -2.13. The molecule has 1 aliphatic heterocycles. The van der Waals surface area contributed by atoms with Crippen LogP contribution in [0.25, 0.3) is 11.1 Å². The van der Waals surface area contributed by atoms with Gasteiger partial charge in [0.05, 0.1) is 0 Å². The Hall–Kier alpha value is -3.93. The molecule has 0 bridgehead atoms. The molecular formula is C26H25N3O3. The van der Waals surface area contributed by atoms with Crippen molar-refractivity contribution < 1.29 is 14.4 Å². The number of rotatable bonds is 4. The van der Waals surface area contributed by atoms with Gasteiger partial charge in [0.25, 0.3) is 11.8 Å². The molecule has 0 atom stereocenters. The van der Waals surface area contributed by atoms with Gasteiger partial charge < -0.3 is 15.1 Å². The first-order chi connectivity index (χ1) is 15.3. The van der Waals surface area contributed by atoms with Gasteiger partial charge in [-0.15, -0.1) is 0 Å². The molecule has 3 amide bonds. The van der Waals surface area contributed by atoms with Crippen LogP contribution in [0, 0.1) is 0 Å². The average Bonchev–Trinajstić information content (AvgIpc) is 3.22. The van der Waals surface area contributed by atoms with Crippen molar-refractivity contribution in [1.82, 2.24) is 9.80 Å². The van der Waals surface area contributed by atoms with Gasteiger partial charge in [-0.2, -0.15) is 0 Å². The minimum absolute atomic E-state index is 0.0408. The third kappa shape index (κ3) is 4.25. The number of carbonyl (C=O) groups excluding carboxylic acids is 3. The highest BCUT2D eigenvalue weighted by atomic mass is 16.2. The van der Waals surface area contributed by atoms with Crippen LogP contribution in [0.5, 0.6) is 0 Å². The molecule has 1 N–H and O–H groups in total. The second-order valence-electron chi connectivity index (χ2n) is 8.14. The number of hydrogen-bond acceptors (Lipinski definition) is 3. The summed E-state index contributed by atoms with van der Waals surface area (Å²) in [5.41, 5.74) is 5.64. The molecule has 0 aliphatic carbocycles. The van der Waals surface area contributed by atoms with Crippen LogP contribution >= 0.6 is 0 Å². The molecule has 6 heteroatoms. The third-order valence-corrected chi connectivity index (χ3v) is 5.65. The summed E-state index contributed by atoms with van der Waals surface area (Å²) < 4.78 is 0. The summed E-state index contributed by atoms with van der Waals surface area (Å²) in [7, 11) is 3.43. The maximum absolute atomic E-state index is 13.1. The van der Waals surface area contributed by atoms with Crippen LogP contribution in [0.1, 0.15) is 38.8 Å². The van der Waals surface area contributed by atoms with Crippen LogP contribution in [0.15, 0.2) is 66.7 Å². The second-order valence-corrected chi connectivity index (χ2v) is 8.14. The molecule has 0 unspecified atom stereocenters. The summed E-state index contributed by atoms with van der Waals surface area (Å²) in [6, 6.07) is 20.4. The van der Waals surface area contributed by atoms with Gasteiger partial charge in [0.1, 0.15) is 0 Å². The van der Waals surface area contributed by atoms with Crippen LogP contribution in [0.2, 0.25) is 0 Å².